The largest absolute Gasteiger partial charge is 0.416 e. The standard InChI is InChI=1S/C13H14F3NO2/c1-9(13(14,15)16)19-17-8-4-6-10-5-2-3-7-11(10)12(17)18/h2-3,5,7,9H,4,6,8H2,1H3. The summed E-state index contributed by atoms with van der Waals surface area (Å²) in [6.45, 7) is 1.05. The fourth-order valence-corrected chi connectivity index (χ4v) is 1.95. The number of rotatable bonds is 2. The molecule has 1 heterocycles. The summed E-state index contributed by atoms with van der Waals surface area (Å²) in [6, 6.07) is 6.91. The summed E-state index contributed by atoms with van der Waals surface area (Å²) in [6.07, 6.45) is -5.25. The first-order valence-electron chi connectivity index (χ1n) is 6.03. The van der Waals surface area contributed by atoms with Gasteiger partial charge in [0.1, 0.15) is 0 Å². The van der Waals surface area contributed by atoms with Gasteiger partial charge in [-0.1, -0.05) is 18.2 Å². The van der Waals surface area contributed by atoms with E-state index in [0.717, 1.165) is 17.6 Å². The van der Waals surface area contributed by atoms with E-state index in [-0.39, 0.29) is 6.54 Å². The minimum Gasteiger partial charge on any atom is -0.267 e. The molecule has 0 aliphatic carbocycles. The lowest BCUT2D eigenvalue weighted by Gasteiger charge is -2.25. The first kappa shape index (κ1) is 13.9. The Morgan fingerprint density at radius 3 is 2.68 bits per heavy atom. The number of aryl methyl sites for hydroxylation is 1. The fourth-order valence-electron chi connectivity index (χ4n) is 1.95. The van der Waals surface area contributed by atoms with Crippen molar-refractivity contribution in [3.8, 4) is 0 Å². The van der Waals surface area contributed by atoms with Gasteiger partial charge in [0.2, 0.25) is 0 Å². The normalized spacial score (nSPS) is 17.9. The van der Waals surface area contributed by atoms with Crippen LogP contribution in [0.2, 0.25) is 0 Å². The number of fused-ring (bicyclic) bond motifs is 1. The van der Waals surface area contributed by atoms with Crippen molar-refractivity contribution in [2.45, 2.75) is 32.0 Å². The number of nitrogens with zero attached hydrogens (tertiary/aromatic N) is 1. The van der Waals surface area contributed by atoms with Crippen LogP contribution in [0.15, 0.2) is 24.3 Å². The van der Waals surface area contributed by atoms with Gasteiger partial charge in [-0.3, -0.25) is 9.63 Å². The van der Waals surface area contributed by atoms with Crippen molar-refractivity contribution >= 4 is 5.91 Å². The van der Waals surface area contributed by atoms with E-state index in [0.29, 0.717) is 18.4 Å². The average Bonchev–Trinajstić information content (AvgIpc) is 2.50. The fraction of sp³-hybridized carbons (Fsp3) is 0.462. The molecule has 0 fully saturated rings. The molecule has 3 nitrogen and oxygen atoms in total. The number of benzene rings is 1. The highest BCUT2D eigenvalue weighted by Gasteiger charge is 2.40. The third kappa shape index (κ3) is 3.07. The molecule has 1 atom stereocenters. The van der Waals surface area contributed by atoms with Crippen LogP contribution in [0.3, 0.4) is 0 Å². The Morgan fingerprint density at radius 2 is 2.00 bits per heavy atom. The Labute approximate surface area is 108 Å². The third-order valence-corrected chi connectivity index (χ3v) is 3.03. The number of hydroxylamine groups is 2. The maximum absolute atomic E-state index is 12.5. The van der Waals surface area contributed by atoms with Crippen LogP contribution in [0, 0.1) is 0 Å². The molecule has 0 saturated carbocycles. The van der Waals surface area contributed by atoms with E-state index in [2.05, 4.69) is 0 Å². The van der Waals surface area contributed by atoms with Crippen molar-refractivity contribution in [2.75, 3.05) is 6.54 Å². The van der Waals surface area contributed by atoms with E-state index < -0.39 is 18.2 Å². The van der Waals surface area contributed by atoms with Crippen LogP contribution in [0.1, 0.15) is 29.3 Å². The average molecular weight is 273 g/mol. The van der Waals surface area contributed by atoms with Gasteiger partial charge in [-0.2, -0.15) is 13.2 Å². The van der Waals surface area contributed by atoms with Gasteiger partial charge in [0.05, 0.1) is 0 Å². The summed E-state index contributed by atoms with van der Waals surface area (Å²) in [5, 5.41) is 0.823. The second-order valence-electron chi connectivity index (χ2n) is 4.46. The minimum atomic E-state index is -4.48. The molecule has 2 rings (SSSR count). The van der Waals surface area contributed by atoms with Gasteiger partial charge in [-0.25, -0.2) is 5.06 Å². The monoisotopic (exact) mass is 273 g/mol. The molecule has 0 spiro atoms. The lowest BCUT2D eigenvalue weighted by molar-refractivity contribution is -0.275. The molecule has 1 aliphatic heterocycles. The topological polar surface area (TPSA) is 29.5 Å². The number of halogens is 3. The Bertz CT molecular complexity index is 473. The lowest BCUT2D eigenvalue weighted by atomic mass is 10.0. The van der Waals surface area contributed by atoms with Crippen molar-refractivity contribution in [3.05, 3.63) is 35.4 Å². The molecule has 1 unspecified atom stereocenters. The second-order valence-corrected chi connectivity index (χ2v) is 4.46. The summed E-state index contributed by atoms with van der Waals surface area (Å²) >= 11 is 0. The maximum Gasteiger partial charge on any atom is 0.416 e. The van der Waals surface area contributed by atoms with Crippen LogP contribution < -0.4 is 0 Å². The highest BCUT2D eigenvalue weighted by molar-refractivity contribution is 5.95. The summed E-state index contributed by atoms with van der Waals surface area (Å²) in [5.74, 6) is -0.510. The van der Waals surface area contributed by atoms with Crippen LogP contribution >= 0.6 is 0 Å². The van der Waals surface area contributed by atoms with Crippen molar-refractivity contribution in [1.29, 1.82) is 0 Å². The van der Waals surface area contributed by atoms with E-state index in [4.69, 9.17) is 4.84 Å². The van der Waals surface area contributed by atoms with E-state index >= 15 is 0 Å². The molecule has 0 N–H and O–H groups in total. The Morgan fingerprint density at radius 1 is 1.32 bits per heavy atom. The number of hydrogen-bond acceptors (Lipinski definition) is 2. The van der Waals surface area contributed by atoms with Gasteiger partial charge < -0.3 is 0 Å². The number of carbonyl (C=O) groups is 1. The molecule has 0 aromatic heterocycles. The van der Waals surface area contributed by atoms with Crippen LogP contribution in [0.25, 0.3) is 0 Å². The van der Waals surface area contributed by atoms with Crippen molar-refractivity contribution in [2.24, 2.45) is 0 Å². The molecule has 104 valence electrons. The zero-order valence-electron chi connectivity index (χ0n) is 10.4. The predicted octanol–water partition coefficient (Wildman–Crippen LogP) is 2.96. The van der Waals surface area contributed by atoms with E-state index in [1.165, 1.54) is 0 Å². The third-order valence-electron chi connectivity index (χ3n) is 3.03. The Kier molecular flexibility index (Phi) is 3.80. The van der Waals surface area contributed by atoms with Gasteiger partial charge in [0.15, 0.2) is 6.10 Å². The van der Waals surface area contributed by atoms with Gasteiger partial charge in [0.25, 0.3) is 5.91 Å². The molecule has 1 aliphatic rings. The summed E-state index contributed by atoms with van der Waals surface area (Å²) < 4.78 is 37.4. The summed E-state index contributed by atoms with van der Waals surface area (Å²) in [4.78, 5) is 16.9. The molecule has 6 heteroatoms. The Balaban J connectivity index is 2.18. The van der Waals surface area contributed by atoms with Crippen LogP contribution in [0.5, 0.6) is 0 Å². The van der Waals surface area contributed by atoms with E-state index in [9.17, 15) is 18.0 Å². The molecular weight excluding hydrogens is 259 g/mol. The highest BCUT2D eigenvalue weighted by Crippen LogP contribution is 2.25. The highest BCUT2D eigenvalue weighted by atomic mass is 19.4. The molecule has 1 amide bonds. The SMILES string of the molecule is CC(ON1CCCc2ccccc2C1=O)C(F)(F)F. The predicted molar refractivity (Wildman–Crippen MR) is 62.4 cm³/mol. The number of hydrogen-bond donors (Lipinski definition) is 0. The number of alkyl halides is 3. The van der Waals surface area contributed by atoms with Crippen molar-refractivity contribution in [1.82, 2.24) is 5.06 Å². The molecule has 1 aromatic carbocycles. The zero-order valence-corrected chi connectivity index (χ0v) is 10.4. The smallest absolute Gasteiger partial charge is 0.267 e. The molecular formula is C13H14F3NO2. The van der Waals surface area contributed by atoms with Crippen LogP contribution in [0.4, 0.5) is 13.2 Å². The van der Waals surface area contributed by atoms with Gasteiger partial charge >= 0.3 is 6.18 Å². The van der Waals surface area contributed by atoms with E-state index in [1.807, 2.05) is 6.07 Å². The molecule has 19 heavy (non-hydrogen) atoms. The van der Waals surface area contributed by atoms with Crippen LogP contribution in [-0.4, -0.2) is 29.8 Å². The van der Waals surface area contributed by atoms with Crippen molar-refractivity contribution in [3.63, 3.8) is 0 Å². The number of amides is 1. The van der Waals surface area contributed by atoms with Crippen molar-refractivity contribution < 1.29 is 22.8 Å². The minimum absolute atomic E-state index is 0.161. The van der Waals surface area contributed by atoms with E-state index in [1.54, 1.807) is 18.2 Å². The first-order chi connectivity index (χ1) is 8.89. The lowest BCUT2D eigenvalue weighted by Crippen LogP contribution is -2.40. The summed E-state index contributed by atoms with van der Waals surface area (Å²) in [7, 11) is 0. The van der Waals surface area contributed by atoms with Crippen LogP contribution in [-0.2, 0) is 11.3 Å². The zero-order chi connectivity index (χ0) is 14.0. The van der Waals surface area contributed by atoms with Gasteiger partial charge in [0, 0.05) is 12.1 Å². The Hall–Kier alpha value is -1.56. The van der Waals surface area contributed by atoms with Gasteiger partial charge in [-0.05, 0) is 31.4 Å². The summed E-state index contributed by atoms with van der Waals surface area (Å²) in [5.41, 5.74) is 1.26. The molecule has 0 saturated heterocycles. The van der Waals surface area contributed by atoms with Gasteiger partial charge in [-0.15, -0.1) is 0 Å². The number of carbonyl (C=O) groups excluding carboxylic acids is 1. The molecule has 0 bridgehead atoms. The molecule has 0 radical (unpaired) electrons. The maximum atomic E-state index is 12.5. The first-order valence-corrected chi connectivity index (χ1v) is 6.03. The molecule has 1 aromatic rings. The quantitative estimate of drug-likeness (QED) is 0.829. The second kappa shape index (κ2) is 5.21.